The first-order valence-corrected chi connectivity index (χ1v) is 7.08. The summed E-state index contributed by atoms with van der Waals surface area (Å²) in [6, 6.07) is 13.6. The maximum Gasteiger partial charge on any atom is 0.335 e. The van der Waals surface area contributed by atoms with Crippen LogP contribution in [0, 0.1) is 0 Å². The quantitative estimate of drug-likeness (QED) is 0.776. The molecular formula is C17H14N2O4. The second-order valence-electron chi connectivity index (χ2n) is 4.75. The van der Waals surface area contributed by atoms with Crippen molar-refractivity contribution in [3.05, 3.63) is 54.1 Å². The summed E-state index contributed by atoms with van der Waals surface area (Å²) >= 11 is 0. The number of carboxylic acids is 1. The summed E-state index contributed by atoms with van der Waals surface area (Å²) in [4.78, 5) is 10.9. The minimum Gasteiger partial charge on any atom is -0.494 e. The van der Waals surface area contributed by atoms with Crippen LogP contribution < -0.4 is 4.74 Å². The lowest BCUT2D eigenvalue weighted by molar-refractivity contribution is 0.0697. The second kappa shape index (κ2) is 6.31. The van der Waals surface area contributed by atoms with Gasteiger partial charge < -0.3 is 14.3 Å². The smallest absolute Gasteiger partial charge is 0.335 e. The summed E-state index contributed by atoms with van der Waals surface area (Å²) in [5.74, 6) is 0.536. The molecule has 116 valence electrons. The third-order valence-corrected chi connectivity index (χ3v) is 3.22. The van der Waals surface area contributed by atoms with E-state index in [0.29, 0.717) is 24.0 Å². The first-order valence-electron chi connectivity index (χ1n) is 7.08. The van der Waals surface area contributed by atoms with E-state index in [1.165, 1.54) is 12.1 Å². The van der Waals surface area contributed by atoms with Crippen molar-refractivity contribution in [2.45, 2.75) is 6.92 Å². The molecule has 0 aliphatic heterocycles. The molecule has 0 atom stereocenters. The number of aromatic carboxylic acids is 1. The van der Waals surface area contributed by atoms with Gasteiger partial charge in [0, 0.05) is 11.1 Å². The molecule has 3 aromatic rings. The van der Waals surface area contributed by atoms with Crippen molar-refractivity contribution in [2.75, 3.05) is 6.61 Å². The van der Waals surface area contributed by atoms with Gasteiger partial charge in [0.15, 0.2) is 0 Å². The Labute approximate surface area is 132 Å². The number of nitrogens with zero attached hydrogens (tertiary/aromatic N) is 2. The Morgan fingerprint density at radius 1 is 1.00 bits per heavy atom. The number of rotatable bonds is 5. The topological polar surface area (TPSA) is 85.5 Å². The summed E-state index contributed by atoms with van der Waals surface area (Å²) in [7, 11) is 0. The molecule has 0 spiro atoms. The molecule has 0 aliphatic carbocycles. The fraction of sp³-hybridized carbons (Fsp3) is 0.118. The Morgan fingerprint density at radius 3 is 2.00 bits per heavy atom. The first-order chi connectivity index (χ1) is 11.2. The van der Waals surface area contributed by atoms with Crippen LogP contribution in [0.2, 0.25) is 0 Å². The highest BCUT2D eigenvalue weighted by molar-refractivity contribution is 5.88. The molecule has 2 aromatic carbocycles. The third kappa shape index (κ3) is 3.21. The number of ether oxygens (including phenoxy) is 1. The van der Waals surface area contributed by atoms with E-state index in [9.17, 15) is 4.79 Å². The summed E-state index contributed by atoms with van der Waals surface area (Å²) in [6.45, 7) is 2.53. The standard InChI is InChI=1S/C17H14N2O4/c1-2-22-14-9-7-12(8-10-14)16-19-18-15(23-16)11-3-5-13(6-4-11)17(20)21/h3-10H,2H2,1H3,(H,20,21). The van der Waals surface area contributed by atoms with Gasteiger partial charge in [0.1, 0.15) is 5.75 Å². The van der Waals surface area contributed by atoms with Crippen LogP contribution in [0.15, 0.2) is 52.9 Å². The number of aromatic nitrogens is 2. The summed E-state index contributed by atoms with van der Waals surface area (Å²) < 4.78 is 11.0. The summed E-state index contributed by atoms with van der Waals surface area (Å²) in [5, 5.41) is 16.9. The molecule has 0 radical (unpaired) electrons. The van der Waals surface area contributed by atoms with Crippen molar-refractivity contribution in [1.82, 2.24) is 10.2 Å². The lowest BCUT2D eigenvalue weighted by atomic mass is 10.1. The van der Waals surface area contributed by atoms with Gasteiger partial charge in [-0.25, -0.2) is 4.79 Å². The lowest BCUT2D eigenvalue weighted by Crippen LogP contribution is -1.94. The molecule has 0 aliphatic rings. The van der Waals surface area contributed by atoms with E-state index < -0.39 is 5.97 Å². The fourth-order valence-corrected chi connectivity index (χ4v) is 2.07. The van der Waals surface area contributed by atoms with Crippen LogP contribution >= 0.6 is 0 Å². The predicted octanol–water partition coefficient (Wildman–Crippen LogP) is 3.50. The molecule has 6 heteroatoms. The van der Waals surface area contributed by atoms with Crippen molar-refractivity contribution in [3.8, 4) is 28.7 Å². The van der Waals surface area contributed by atoms with E-state index in [4.69, 9.17) is 14.3 Å². The van der Waals surface area contributed by atoms with E-state index in [1.807, 2.05) is 31.2 Å². The molecule has 0 saturated heterocycles. The van der Waals surface area contributed by atoms with Gasteiger partial charge in [-0.15, -0.1) is 10.2 Å². The highest BCUT2D eigenvalue weighted by atomic mass is 16.5. The average molecular weight is 310 g/mol. The van der Waals surface area contributed by atoms with Crippen LogP contribution in [0.25, 0.3) is 22.9 Å². The predicted molar refractivity (Wildman–Crippen MR) is 83.3 cm³/mol. The van der Waals surface area contributed by atoms with Gasteiger partial charge >= 0.3 is 5.97 Å². The molecular weight excluding hydrogens is 296 g/mol. The monoisotopic (exact) mass is 310 g/mol. The van der Waals surface area contributed by atoms with E-state index in [1.54, 1.807) is 12.1 Å². The molecule has 0 fully saturated rings. The van der Waals surface area contributed by atoms with E-state index in [2.05, 4.69) is 10.2 Å². The normalized spacial score (nSPS) is 10.5. The van der Waals surface area contributed by atoms with Crippen LogP contribution in [-0.4, -0.2) is 27.9 Å². The Bertz CT molecular complexity index is 807. The Balaban J connectivity index is 1.83. The van der Waals surface area contributed by atoms with Gasteiger partial charge in [0.05, 0.1) is 12.2 Å². The lowest BCUT2D eigenvalue weighted by Gasteiger charge is -2.02. The van der Waals surface area contributed by atoms with Crippen LogP contribution in [0.1, 0.15) is 17.3 Å². The zero-order chi connectivity index (χ0) is 16.2. The van der Waals surface area contributed by atoms with Gasteiger partial charge in [-0.05, 0) is 55.5 Å². The average Bonchev–Trinajstić information content (AvgIpc) is 3.06. The largest absolute Gasteiger partial charge is 0.494 e. The minimum atomic E-state index is -0.975. The van der Waals surface area contributed by atoms with Crippen LogP contribution in [0.4, 0.5) is 0 Å². The van der Waals surface area contributed by atoms with E-state index >= 15 is 0 Å². The number of carbonyl (C=O) groups is 1. The Kier molecular flexibility index (Phi) is 4.05. The molecule has 0 amide bonds. The van der Waals surface area contributed by atoms with Crippen molar-refractivity contribution >= 4 is 5.97 Å². The zero-order valence-electron chi connectivity index (χ0n) is 12.4. The molecule has 0 unspecified atom stereocenters. The highest BCUT2D eigenvalue weighted by Gasteiger charge is 2.11. The molecule has 23 heavy (non-hydrogen) atoms. The molecule has 6 nitrogen and oxygen atoms in total. The Morgan fingerprint density at radius 2 is 1.52 bits per heavy atom. The Hall–Kier alpha value is -3.15. The summed E-state index contributed by atoms with van der Waals surface area (Å²) in [6.07, 6.45) is 0. The van der Waals surface area contributed by atoms with Crippen molar-refractivity contribution in [3.63, 3.8) is 0 Å². The maximum atomic E-state index is 10.9. The summed E-state index contributed by atoms with van der Waals surface area (Å²) in [5.41, 5.74) is 1.66. The first kappa shape index (κ1) is 14.8. The maximum absolute atomic E-state index is 10.9. The third-order valence-electron chi connectivity index (χ3n) is 3.22. The zero-order valence-corrected chi connectivity index (χ0v) is 12.4. The number of hydrogen-bond donors (Lipinski definition) is 1. The van der Waals surface area contributed by atoms with Gasteiger partial charge in [-0.3, -0.25) is 0 Å². The fourth-order valence-electron chi connectivity index (χ4n) is 2.07. The second-order valence-corrected chi connectivity index (χ2v) is 4.75. The molecule has 3 rings (SSSR count). The molecule has 1 N–H and O–H groups in total. The van der Waals surface area contributed by atoms with Crippen molar-refractivity contribution < 1.29 is 19.1 Å². The van der Waals surface area contributed by atoms with Crippen molar-refractivity contribution in [2.24, 2.45) is 0 Å². The van der Waals surface area contributed by atoms with Gasteiger partial charge in [-0.1, -0.05) is 0 Å². The van der Waals surface area contributed by atoms with Crippen LogP contribution in [-0.2, 0) is 0 Å². The van der Waals surface area contributed by atoms with Gasteiger partial charge in [0.25, 0.3) is 0 Å². The number of hydrogen-bond acceptors (Lipinski definition) is 5. The van der Waals surface area contributed by atoms with Crippen molar-refractivity contribution in [1.29, 1.82) is 0 Å². The highest BCUT2D eigenvalue weighted by Crippen LogP contribution is 2.25. The number of benzene rings is 2. The molecule has 0 saturated carbocycles. The van der Waals surface area contributed by atoms with Crippen LogP contribution in [0.3, 0.4) is 0 Å². The van der Waals surface area contributed by atoms with Crippen LogP contribution in [0.5, 0.6) is 5.75 Å². The molecule has 0 bridgehead atoms. The van der Waals surface area contributed by atoms with E-state index in [0.717, 1.165) is 11.3 Å². The minimum absolute atomic E-state index is 0.208. The van der Waals surface area contributed by atoms with Gasteiger partial charge in [0.2, 0.25) is 11.8 Å². The number of carboxylic acid groups (broad SMARTS) is 1. The van der Waals surface area contributed by atoms with Gasteiger partial charge in [-0.2, -0.15) is 0 Å². The molecule has 1 aromatic heterocycles. The molecule has 1 heterocycles. The SMILES string of the molecule is CCOc1ccc(-c2nnc(-c3ccc(C(=O)O)cc3)o2)cc1. The van der Waals surface area contributed by atoms with E-state index in [-0.39, 0.29) is 5.56 Å².